The molecule has 0 aliphatic carbocycles. The Bertz CT molecular complexity index is 484. The standard InChI is InChI=1S/C15H19NO3/c1-11-6-5-9-16(15(11)18)10-13(17)12-7-3-4-8-14(12)19-2/h3-4,7-8,11H,5-6,9-10H2,1-2H3. The summed E-state index contributed by atoms with van der Waals surface area (Å²) in [6, 6.07) is 7.12. The normalized spacial score (nSPS) is 19.4. The Morgan fingerprint density at radius 2 is 2.16 bits per heavy atom. The number of ether oxygens (including phenoxy) is 1. The molecule has 0 spiro atoms. The number of rotatable bonds is 4. The molecule has 1 amide bonds. The fourth-order valence-electron chi connectivity index (χ4n) is 2.42. The van der Waals surface area contributed by atoms with Crippen LogP contribution in [0.15, 0.2) is 24.3 Å². The van der Waals surface area contributed by atoms with Gasteiger partial charge in [-0.15, -0.1) is 0 Å². The number of Topliss-reactive ketones (excluding diaryl/α,β-unsaturated/α-hetero) is 1. The zero-order chi connectivity index (χ0) is 13.8. The van der Waals surface area contributed by atoms with Crippen molar-refractivity contribution in [3.8, 4) is 5.75 Å². The van der Waals surface area contributed by atoms with Gasteiger partial charge in [-0.05, 0) is 25.0 Å². The number of para-hydroxylation sites is 1. The molecule has 1 fully saturated rings. The number of likely N-dealkylation sites (tertiary alicyclic amines) is 1. The lowest BCUT2D eigenvalue weighted by molar-refractivity contribution is -0.137. The summed E-state index contributed by atoms with van der Waals surface area (Å²) in [5.74, 6) is 0.596. The molecule has 0 N–H and O–H groups in total. The van der Waals surface area contributed by atoms with E-state index < -0.39 is 0 Å². The summed E-state index contributed by atoms with van der Waals surface area (Å²) in [5, 5.41) is 0. The summed E-state index contributed by atoms with van der Waals surface area (Å²) in [7, 11) is 1.54. The van der Waals surface area contributed by atoms with Crippen LogP contribution in [0, 0.1) is 5.92 Å². The highest BCUT2D eigenvalue weighted by Crippen LogP contribution is 2.21. The Hall–Kier alpha value is -1.84. The highest BCUT2D eigenvalue weighted by Gasteiger charge is 2.27. The van der Waals surface area contributed by atoms with Gasteiger partial charge in [0.05, 0.1) is 19.2 Å². The summed E-state index contributed by atoms with van der Waals surface area (Å²) in [6.45, 7) is 2.73. The molecule has 0 bridgehead atoms. The van der Waals surface area contributed by atoms with Crippen molar-refractivity contribution < 1.29 is 14.3 Å². The third-order valence-electron chi connectivity index (χ3n) is 3.54. The molecule has 1 aromatic rings. The number of amides is 1. The van der Waals surface area contributed by atoms with Crippen LogP contribution in [0.4, 0.5) is 0 Å². The molecule has 0 aromatic heterocycles. The number of ketones is 1. The first kappa shape index (κ1) is 13.6. The second-order valence-electron chi connectivity index (χ2n) is 4.93. The number of carbonyl (C=O) groups excluding carboxylic acids is 2. The lowest BCUT2D eigenvalue weighted by Crippen LogP contribution is -2.43. The molecule has 1 saturated heterocycles. The number of carbonyl (C=O) groups is 2. The van der Waals surface area contributed by atoms with Crippen LogP contribution in [0.1, 0.15) is 30.1 Å². The second kappa shape index (κ2) is 5.87. The number of hydrogen-bond acceptors (Lipinski definition) is 3. The van der Waals surface area contributed by atoms with Gasteiger partial charge in [0.1, 0.15) is 5.75 Å². The van der Waals surface area contributed by atoms with Crippen molar-refractivity contribution >= 4 is 11.7 Å². The minimum atomic E-state index is -0.0695. The molecule has 1 unspecified atom stereocenters. The molecule has 0 radical (unpaired) electrons. The Balaban J connectivity index is 2.10. The monoisotopic (exact) mass is 261 g/mol. The van der Waals surface area contributed by atoms with Gasteiger partial charge >= 0.3 is 0 Å². The molecule has 0 saturated carbocycles. The van der Waals surface area contributed by atoms with Crippen molar-refractivity contribution in [1.29, 1.82) is 0 Å². The molecule has 1 aliphatic rings. The first-order valence-corrected chi connectivity index (χ1v) is 6.58. The van der Waals surface area contributed by atoms with Crippen molar-refractivity contribution in [2.75, 3.05) is 20.2 Å². The van der Waals surface area contributed by atoms with Crippen molar-refractivity contribution in [2.45, 2.75) is 19.8 Å². The molecule has 2 rings (SSSR count). The molecule has 1 atom stereocenters. The maximum atomic E-state index is 12.3. The predicted molar refractivity (Wildman–Crippen MR) is 72.3 cm³/mol. The zero-order valence-corrected chi connectivity index (χ0v) is 11.4. The summed E-state index contributed by atoms with van der Waals surface area (Å²) in [4.78, 5) is 25.9. The minimum absolute atomic E-state index is 0.0271. The lowest BCUT2D eigenvalue weighted by Gasteiger charge is -2.30. The van der Waals surface area contributed by atoms with Crippen LogP contribution in [0.2, 0.25) is 0 Å². The van der Waals surface area contributed by atoms with Gasteiger partial charge in [0, 0.05) is 12.5 Å². The maximum absolute atomic E-state index is 12.3. The second-order valence-corrected chi connectivity index (χ2v) is 4.93. The van der Waals surface area contributed by atoms with E-state index in [4.69, 9.17) is 4.74 Å². The summed E-state index contributed by atoms with van der Waals surface area (Å²) < 4.78 is 5.18. The third kappa shape index (κ3) is 2.95. The van der Waals surface area contributed by atoms with E-state index in [1.165, 1.54) is 0 Å². The van der Waals surface area contributed by atoms with Gasteiger partial charge < -0.3 is 9.64 Å². The van der Waals surface area contributed by atoms with Crippen LogP contribution in [0.5, 0.6) is 5.75 Å². The molecule has 1 aliphatic heterocycles. The third-order valence-corrected chi connectivity index (χ3v) is 3.54. The van der Waals surface area contributed by atoms with Crippen molar-refractivity contribution in [2.24, 2.45) is 5.92 Å². The van der Waals surface area contributed by atoms with E-state index in [9.17, 15) is 9.59 Å². The van der Waals surface area contributed by atoms with Crippen molar-refractivity contribution in [3.63, 3.8) is 0 Å². The number of nitrogens with zero attached hydrogens (tertiary/aromatic N) is 1. The largest absolute Gasteiger partial charge is 0.496 e. The summed E-state index contributed by atoms with van der Waals surface area (Å²) in [5.41, 5.74) is 0.538. The smallest absolute Gasteiger partial charge is 0.225 e. The molecular weight excluding hydrogens is 242 g/mol. The molecule has 4 nitrogen and oxygen atoms in total. The first-order valence-electron chi connectivity index (χ1n) is 6.58. The van der Waals surface area contributed by atoms with E-state index in [1.807, 2.05) is 13.0 Å². The topological polar surface area (TPSA) is 46.6 Å². The first-order chi connectivity index (χ1) is 9.13. The van der Waals surface area contributed by atoms with E-state index in [-0.39, 0.29) is 24.2 Å². The molecule has 102 valence electrons. The van der Waals surface area contributed by atoms with Gasteiger partial charge in [0.2, 0.25) is 5.91 Å². The van der Waals surface area contributed by atoms with E-state index in [2.05, 4.69) is 0 Å². The molecule has 1 aromatic carbocycles. The van der Waals surface area contributed by atoms with Crippen LogP contribution in [-0.4, -0.2) is 36.8 Å². The Morgan fingerprint density at radius 1 is 1.42 bits per heavy atom. The Morgan fingerprint density at radius 3 is 2.89 bits per heavy atom. The quantitative estimate of drug-likeness (QED) is 0.780. The van der Waals surface area contributed by atoms with Gasteiger partial charge in [-0.3, -0.25) is 9.59 Å². The van der Waals surface area contributed by atoms with Crippen LogP contribution in [0.3, 0.4) is 0 Å². The number of methoxy groups -OCH3 is 1. The van der Waals surface area contributed by atoms with E-state index >= 15 is 0 Å². The van der Waals surface area contributed by atoms with Gasteiger partial charge in [0.15, 0.2) is 5.78 Å². The number of benzene rings is 1. The van der Waals surface area contributed by atoms with Gasteiger partial charge in [-0.2, -0.15) is 0 Å². The summed E-state index contributed by atoms with van der Waals surface area (Å²) >= 11 is 0. The van der Waals surface area contributed by atoms with Crippen LogP contribution < -0.4 is 4.74 Å². The number of piperidine rings is 1. The van der Waals surface area contributed by atoms with E-state index in [1.54, 1.807) is 30.2 Å². The average Bonchev–Trinajstić information content (AvgIpc) is 2.43. The minimum Gasteiger partial charge on any atom is -0.496 e. The highest BCUT2D eigenvalue weighted by atomic mass is 16.5. The van der Waals surface area contributed by atoms with Crippen LogP contribution >= 0.6 is 0 Å². The van der Waals surface area contributed by atoms with Crippen LogP contribution in [-0.2, 0) is 4.79 Å². The van der Waals surface area contributed by atoms with E-state index in [0.717, 1.165) is 12.8 Å². The lowest BCUT2D eigenvalue weighted by atomic mass is 9.98. The average molecular weight is 261 g/mol. The van der Waals surface area contributed by atoms with Gasteiger partial charge in [0.25, 0.3) is 0 Å². The SMILES string of the molecule is COc1ccccc1C(=O)CN1CCCC(C)C1=O. The zero-order valence-electron chi connectivity index (χ0n) is 11.4. The fraction of sp³-hybridized carbons (Fsp3) is 0.467. The van der Waals surface area contributed by atoms with Gasteiger partial charge in [-0.25, -0.2) is 0 Å². The highest BCUT2D eigenvalue weighted by molar-refractivity contribution is 6.01. The predicted octanol–water partition coefficient (Wildman–Crippen LogP) is 2.14. The molecule has 1 heterocycles. The number of hydrogen-bond donors (Lipinski definition) is 0. The van der Waals surface area contributed by atoms with Crippen molar-refractivity contribution in [1.82, 2.24) is 4.90 Å². The Kier molecular flexibility index (Phi) is 4.20. The maximum Gasteiger partial charge on any atom is 0.225 e. The van der Waals surface area contributed by atoms with Crippen molar-refractivity contribution in [3.05, 3.63) is 29.8 Å². The fourth-order valence-corrected chi connectivity index (χ4v) is 2.42. The van der Waals surface area contributed by atoms with Gasteiger partial charge in [-0.1, -0.05) is 19.1 Å². The summed E-state index contributed by atoms with van der Waals surface area (Å²) in [6.07, 6.45) is 1.88. The molecular formula is C15H19NO3. The van der Waals surface area contributed by atoms with Crippen LogP contribution in [0.25, 0.3) is 0 Å². The molecule has 4 heteroatoms. The Labute approximate surface area is 113 Å². The molecule has 19 heavy (non-hydrogen) atoms. The van der Waals surface area contributed by atoms with E-state index in [0.29, 0.717) is 17.9 Å².